The lowest BCUT2D eigenvalue weighted by Gasteiger charge is -2.14. The summed E-state index contributed by atoms with van der Waals surface area (Å²) >= 11 is 3.47. The van der Waals surface area contributed by atoms with E-state index in [1.54, 1.807) is 0 Å². The molecule has 1 amide bonds. The van der Waals surface area contributed by atoms with E-state index < -0.39 is 0 Å². The van der Waals surface area contributed by atoms with Gasteiger partial charge in [-0.25, -0.2) is 0 Å². The second-order valence-electron chi connectivity index (χ2n) is 4.96. The standard InChI is InChI=1S/C17H18BrNO/c1-12-7-6-10-15(16(12)18)17(20)19-11-13(2)14-8-4-3-5-9-14/h3-10,13H,11H2,1-2H3,(H,19,20). The van der Waals surface area contributed by atoms with E-state index >= 15 is 0 Å². The van der Waals surface area contributed by atoms with Gasteiger partial charge in [0.2, 0.25) is 0 Å². The highest BCUT2D eigenvalue weighted by Crippen LogP contribution is 2.21. The Kier molecular flexibility index (Phi) is 4.96. The molecular weight excluding hydrogens is 314 g/mol. The van der Waals surface area contributed by atoms with Crippen molar-refractivity contribution in [2.45, 2.75) is 19.8 Å². The van der Waals surface area contributed by atoms with Crippen molar-refractivity contribution >= 4 is 21.8 Å². The lowest BCUT2D eigenvalue weighted by molar-refractivity contribution is 0.0951. The van der Waals surface area contributed by atoms with Crippen LogP contribution in [-0.4, -0.2) is 12.5 Å². The van der Waals surface area contributed by atoms with E-state index in [0.717, 1.165) is 10.0 Å². The van der Waals surface area contributed by atoms with Crippen LogP contribution < -0.4 is 5.32 Å². The Morgan fingerprint density at radius 3 is 2.55 bits per heavy atom. The van der Waals surface area contributed by atoms with E-state index in [2.05, 4.69) is 40.3 Å². The highest BCUT2D eigenvalue weighted by Gasteiger charge is 2.12. The molecule has 2 aromatic carbocycles. The summed E-state index contributed by atoms with van der Waals surface area (Å²) in [5.41, 5.74) is 2.98. The number of carbonyl (C=O) groups excluding carboxylic acids is 1. The maximum Gasteiger partial charge on any atom is 0.252 e. The topological polar surface area (TPSA) is 29.1 Å². The summed E-state index contributed by atoms with van der Waals surface area (Å²) in [5.74, 6) is 0.257. The normalized spacial score (nSPS) is 11.9. The minimum absolute atomic E-state index is 0.0386. The van der Waals surface area contributed by atoms with Gasteiger partial charge in [0.05, 0.1) is 5.56 Å². The van der Waals surface area contributed by atoms with Crippen molar-refractivity contribution in [1.29, 1.82) is 0 Å². The Labute approximate surface area is 128 Å². The fourth-order valence-corrected chi connectivity index (χ4v) is 2.51. The lowest BCUT2D eigenvalue weighted by atomic mass is 10.0. The van der Waals surface area contributed by atoms with Crippen molar-refractivity contribution in [2.75, 3.05) is 6.54 Å². The van der Waals surface area contributed by atoms with Gasteiger partial charge in [0.15, 0.2) is 0 Å². The molecule has 2 nitrogen and oxygen atoms in total. The highest BCUT2D eigenvalue weighted by atomic mass is 79.9. The molecule has 0 saturated heterocycles. The molecule has 3 heteroatoms. The quantitative estimate of drug-likeness (QED) is 0.889. The molecule has 0 aliphatic heterocycles. The number of nitrogens with one attached hydrogen (secondary N) is 1. The van der Waals surface area contributed by atoms with E-state index in [9.17, 15) is 4.79 Å². The van der Waals surface area contributed by atoms with E-state index in [4.69, 9.17) is 0 Å². The lowest BCUT2D eigenvalue weighted by Crippen LogP contribution is -2.27. The Balaban J connectivity index is 2.01. The van der Waals surface area contributed by atoms with Crippen LogP contribution in [0.1, 0.15) is 34.3 Å². The Bertz CT molecular complexity index is 595. The smallest absolute Gasteiger partial charge is 0.252 e. The molecule has 1 unspecified atom stereocenters. The first-order valence-corrected chi connectivity index (χ1v) is 7.47. The van der Waals surface area contributed by atoms with Gasteiger partial charge in [-0.15, -0.1) is 0 Å². The molecule has 1 atom stereocenters. The molecule has 0 aromatic heterocycles. The number of halogens is 1. The predicted octanol–water partition coefficient (Wildman–Crippen LogP) is 4.29. The van der Waals surface area contributed by atoms with Gasteiger partial charge in [0.25, 0.3) is 5.91 Å². The van der Waals surface area contributed by atoms with Crippen LogP contribution in [-0.2, 0) is 0 Å². The van der Waals surface area contributed by atoms with Crippen molar-refractivity contribution in [3.63, 3.8) is 0 Å². The second kappa shape index (κ2) is 6.71. The van der Waals surface area contributed by atoms with E-state index in [1.807, 2.05) is 43.3 Å². The molecule has 0 aliphatic carbocycles. The maximum atomic E-state index is 12.2. The molecule has 20 heavy (non-hydrogen) atoms. The average molecular weight is 332 g/mol. The van der Waals surface area contributed by atoms with E-state index in [0.29, 0.717) is 18.0 Å². The van der Waals surface area contributed by atoms with E-state index in [-0.39, 0.29) is 5.91 Å². The Morgan fingerprint density at radius 2 is 1.85 bits per heavy atom. The number of benzene rings is 2. The van der Waals surface area contributed by atoms with Crippen LogP contribution in [0.2, 0.25) is 0 Å². The van der Waals surface area contributed by atoms with Gasteiger partial charge in [-0.05, 0) is 46.0 Å². The maximum absolute atomic E-state index is 12.2. The summed E-state index contributed by atoms with van der Waals surface area (Å²) in [6.45, 7) is 4.72. The van der Waals surface area contributed by atoms with Crippen molar-refractivity contribution in [3.8, 4) is 0 Å². The molecule has 104 valence electrons. The summed E-state index contributed by atoms with van der Waals surface area (Å²) in [6, 6.07) is 15.9. The number of carbonyl (C=O) groups is 1. The van der Waals surface area contributed by atoms with Crippen LogP contribution in [0, 0.1) is 6.92 Å². The summed E-state index contributed by atoms with van der Waals surface area (Å²) in [4.78, 5) is 12.2. The molecule has 2 aromatic rings. The fourth-order valence-electron chi connectivity index (χ4n) is 2.06. The first-order valence-electron chi connectivity index (χ1n) is 6.68. The van der Waals surface area contributed by atoms with Crippen molar-refractivity contribution in [1.82, 2.24) is 5.32 Å². The summed E-state index contributed by atoms with van der Waals surface area (Å²) in [6.07, 6.45) is 0. The minimum Gasteiger partial charge on any atom is -0.351 e. The molecule has 0 radical (unpaired) electrons. The molecule has 0 heterocycles. The number of rotatable bonds is 4. The molecule has 2 rings (SSSR count). The van der Waals surface area contributed by atoms with Crippen LogP contribution in [0.25, 0.3) is 0 Å². The minimum atomic E-state index is -0.0386. The number of amides is 1. The molecular formula is C17H18BrNO. The summed E-state index contributed by atoms with van der Waals surface area (Å²) in [7, 11) is 0. The van der Waals surface area contributed by atoms with Crippen molar-refractivity contribution in [3.05, 3.63) is 69.7 Å². The van der Waals surface area contributed by atoms with Crippen LogP contribution in [0.5, 0.6) is 0 Å². The van der Waals surface area contributed by atoms with Gasteiger partial charge in [0, 0.05) is 11.0 Å². The highest BCUT2D eigenvalue weighted by molar-refractivity contribution is 9.10. The zero-order valence-corrected chi connectivity index (χ0v) is 13.3. The molecule has 1 N–H and O–H groups in total. The Morgan fingerprint density at radius 1 is 1.15 bits per heavy atom. The zero-order valence-electron chi connectivity index (χ0n) is 11.7. The first kappa shape index (κ1) is 14.8. The van der Waals surface area contributed by atoms with Gasteiger partial charge in [-0.3, -0.25) is 4.79 Å². The van der Waals surface area contributed by atoms with Gasteiger partial charge < -0.3 is 5.32 Å². The monoisotopic (exact) mass is 331 g/mol. The van der Waals surface area contributed by atoms with Crippen molar-refractivity contribution < 1.29 is 4.79 Å². The average Bonchev–Trinajstić information content (AvgIpc) is 2.48. The van der Waals surface area contributed by atoms with Gasteiger partial charge in [-0.2, -0.15) is 0 Å². The molecule has 0 saturated carbocycles. The molecule has 0 bridgehead atoms. The third kappa shape index (κ3) is 3.48. The number of hydrogen-bond acceptors (Lipinski definition) is 1. The molecule has 0 aliphatic rings. The van der Waals surface area contributed by atoms with Crippen LogP contribution in [0.4, 0.5) is 0 Å². The molecule has 0 fully saturated rings. The van der Waals surface area contributed by atoms with Crippen LogP contribution in [0.3, 0.4) is 0 Å². The number of hydrogen-bond donors (Lipinski definition) is 1. The Hall–Kier alpha value is -1.61. The number of aryl methyl sites for hydroxylation is 1. The molecule has 0 spiro atoms. The van der Waals surface area contributed by atoms with Gasteiger partial charge in [0.1, 0.15) is 0 Å². The third-order valence-corrected chi connectivity index (χ3v) is 4.43. The second-order valence-corrected chi connectivity index (χ2v) is 5.75. The van der Waals surface area contributed by atoms with Crippen molar-refractivity contribution in [2.24, 2.45) is 0 Å². The third-order valence-electron chi connectivity index (χ3n) is 3.37. The van der Waals surface area contributed by atoms with Crippen LogP contribution >= 0.6 is 15.9 Å². The van der Waals surface area contributed by atoms with Gasteiger partial charge >= 0.3 is 0 Å². The fraction of sp³-hybridized carbons (Fsp3) is 0.235. The van der Waals surface area contributed by atoms with E-state index in [1.165, 1.54) is 5.56 Å². The predicted molar refractivity (Wildman–Crippen MR) is 86.1 cm³/mol. The SMILES string of the molecule is Cc1cccc(C(=O)NCC(C)c2ccccc2)c1Br. The summed E-state index contributed by atoms with van der Waals surface area (Å²) in [5, 5.41) is 3.00. The zero-order chi connectivity index (χ0) is 14.5. The van der Waals surface area contributed by atoms with Gasteiger partial charge in [-0.1, -0.05) is 49.4 Å². The van der Waals surface area contributed by atoms with Crippen LogP contribution in [0.15, 0.2) is 53.0 Å². The summed E-state index contributed by atoms with van der Waals surface area (Å²) < 4.78 is 0.866. The first-order chi connectivity index (χ1) is 9.59. The largest absolute Gasteiger partial charge is 0.351 e.